The van der Waals surface area contributed by atoms with Crippen molar-refractivity contribution in [3.8, 4) is 0 Å². The average molecular weight is 226 g/mol. The zero-order chi connectivity index (χ0) is 11.1. The second kappa shape index (κ2) is 6.69. The third kappa shape index (κ3) is 4.53. The van der Waals surface area contributed by atoms with Crippen LogP contribution in [0.5, 0.6) is 0 Å². The Morgan fingerprint density at radius 1 is 1.60 bits per heavy atom. The maximum atomic E-state index is 9.75. The number of rotatable bonds is 6. The molecule has 0 aliphatic rings. The van der Waals surface area contributed by atoms with Gasteiger partial charge in [0.1, 0.15) is 5.82 Å². The molecule has 0 saturated carbocycles. The van der Waals surface area contributed by atoms with Gasteiger partial charge in [-0.05, 0) is 23.8 Å². The lowest BCUT2D eigenvalue weighted by Crippen LogP contribution is -2.15. The summed E-state index contributed by atoms with van der Waals surface area (Å²) in [6.07, 6.45) is 3.08. The van der Waals surface area contributed by atoms with E-state index in [9.17, 15) is 5.11 Å². The summed E-state index contributed by atoms with van der Waals surface area (Å²) in [5.74, 6) is 2.39. The first-order chi connectivity index (χ1) is 7.24. The van der Waals surface area contributed by atoms with Gasteiger partial charge < -0.3 is 10.8 Å². The molecule has 0 fully saturated rings. The van der Waals surface area contributed by atoms with Crippen LogP contribution in [0.3, 0.4) is 0 Å². The lowest BCUT2D eigenvalue weighted by molar-refractivity contribution is 0.200. The molecular weight excluding hydrogens is 208 g/mol. The average Bonchev–Trinajstić information content (AvgIpc) is 2.22. The molecule has 1 aromatic rings. The Kier molecular flexibility index (Phi) is 5.50. The third-order valence-corrected chi connectivity index (χ3v) is 3.36. The molecule has 0 aromatic carbocycles. The molecule has 1 atom stereocenters. The monoisotopic (exact) mass is 226 g/mol. The number of aromatic nitrogens is 1. The fraction of sp³-hybridized carbons (Fsp3) is 0.545. The number of hydrogen-bond donors (Lipinski definition) is 2. The number of aliphatic hydroxyl groups is 1. The van der Waals surface area contributed by atoms with E-state index in [1.807, 2.05) is 12.1 Å². The predicted molar refractivity (Wildman–Crippen MR) is 66.0 cm³/mol. The molecule has 4 heteroatoms. The van der Waals surface area contributed by atoms with Crippen LogP contribution in [0.25, 0.3) is 0 Å². The minimum absolute atomic E-state index is 0.326. The van der Waals surface area contributed by atoms with Gasteiger partial charge in [-0.3, -0.25) is 0 Å². The lowest BCUT2D eigenvalue weighted by atomic mass is 10.1. The molecule has 84 valence electrons. The molecule has 0 amide bonds. The smallest absolute Gasteiger partial charge is 0.126 e. The van der Waals surface area contributed by atoms with Gasteiger partial charge in [0.15, 0.2) is 0 Å². The molecule has 0 saturated heterocycles. The number of hydrogen-bond acceptors (Lipinski definition) is 4. The van der Waals surface area contributed by atoms with E-state index in [2.05, 4.69) is 11.9 Å². The van der Waals surface area contributed by atoms with Crippen LogP contribution in [0.2, 0.25) is 0 Å². The number of nitrogen functional groups attached to an aromatic ring is 1. The largest absolute Gasteiger partial charge is 0.392 e. The second-order valence-corrected chi connectivity index (χ2v) is 4.63. The summed E-state index contributed by atoms with van der Waals surface area (Å²) >= 11 is 1.78. The molecule has 0 aliphatic carbocycles. The normalized spacial score (nSPS) is 12.7. The fourth-order valence-electron chi connectivity index (χ4n) is 1.30. The van der Waals surface area contributed by atoms with Crippen LogP contribution in [0.15, 0.2) is 18.3 Å². The summed E-state index contributed by atoms with van der Waals surface area (Å²) in [7, 11) is 0. The molecular formula is C11H18N2OS. The van der Waals surface area contributed by atoms with E-state index in [0.29, 0.717) is 12.2 Å². The summed E-state index contributed by atoms with van der Waals surface area (Å²) in [5, 5.41) is 9.75. The van der Waals surface area contributed by atoms with Crippen molar-refractivity contribution in [2.75, 3.05) is 17.2 Å². The van der Waals surface area contributed by atoms with Gasteiger partial charge in [-0.25, -0.2) is 4.98 Å². The highest BCUT2D eigenvalue weighted by atomic mass is 32.2. The van der Waals surface area contributed by atoms with E-state index >= 15 is 0 Å². The van der Waals surface area contributed by atoms with Crippen molar-refractivity contribution >= 4 is 17.6 Å². The molecule has 0 bridgehead atoms. The van der Waals surface area contributed by atoms with Gasteiger partial charge in [0.25, 0.3) is 0 Å². The predicted octanol–water partition coefficient (Wildman–Crippen LogP) is 1.71. The van der Waals surface area contributed by atoms with Crippen molar-refractivity contribution in [2.45, 2.75) is 25.9 Å². The minimum Gasteiger partial charge on any atom is -0.392 e. The van der Waals surface area contributed by atoms with Crippen LogP contribution in [0, 0.1) is 0 Å². The molecule has 1 heterocycles. The molecule has 1 unspecified atom stereocenters. The van der Waals surface area contributed by atoms with Crippen LogP contribution in [0.4, 0.5) is 5.82 Å². The van der Waals surface area contributed by atoms with Crippen molar-refractivity contribution in [1.29, 1.82) is 0 Å². The zero-order valence-electron chi connectivity index (χ0n) is 9.02. The first kappa shape index (κ1) is 12.3. The Hall–Kier alpha value is -0.740. The van der Waals surface area contributed by atoms with Crippen LogP contribution >= 0.6 is 11.8 Å². The van der Waals surface area contributed by atoms with Crippen molar-refractivity contribution in [1.82, 2.24) is 4.98 Å². The highest BCUT2D eigenvalue weighted by Gasteiger charge is 2.07. The Labute approximate surface area is 95.1 Å². The molecule has 1 aromatic heterocycles. The summed E-state index contributed by atoms with van der Waals surface area (Å²) in [6.45, 7) is 2.14. The van der Waals surface area contributed by atoms with Gasteiger partial charge in [-0.2, -0.15) is 11.8 Å². The van der Waals surface area contributed by atoms with E-state index in [1.54, 1.807) is 18.0 Å². The molecule has 3 nitrogen and oxygen atoms in total. The quantitative estimate of drug-likeness (QED) is 0.725. The topological polar surface area (TPSA) is 59.1 Å². The Bertz CT molecular complexity index is 294. The van der Waals surface area contributed by atoms with E-state index < -0.39 is 0 Å². The number of anilines is 1. The zero-order valence-corrected chi connectivity index (χ0v) is 9.83. The van der Waals surface area contributed by atoms with Gasteiger partial charge in [0, 0.05) is 18.4 Å². The van der Waals surface area contributed by atoms with Crippen LogP contribution in [-0.2, 0) is 6.42 Å². The first-order valence-corrected chi connectivity index (χ1v) is 6.34. The number of nitrogens with two attached hydrogens (primary N) is 1. The summed E-state index contributed by atoms with van der Waals surface area (Å²) < 4.78 is 0. The highest BCUT2D eigenvalue weighted by molar-refractivity contribution is 7.99. The molecule has 0 aliphatic heterocycles. The van der Waals surface area contributed by atoms with E-state index in [0.717, 1.165) is 23.5 Å². The standard InChI is InChI=1S/C11H18N2OS/c1-2-6-15-8-10(14)7-9-4-3-5-13-11(9)12/h3-5,10,14H,2,6-8H2,1H3,(H2,12,13). The Morgan fingerprint density at radius 2 is 2.40 bits per heavy atom. The van der Waals surface area contributed by atoms with E-state index in [4.69, 9.17) is 5.73 Å². The number of nitrogens with zero attached hydrogens (tertiary/aromatic N) is 1. The second-order valence-electron chi connectivity index (χ2n) is 3.48. The summed E-state index contributed by atoms with van der Waals surface area (Å²) in [5.41, 5.74) is 6.63. The maximum Gasteiger partial charge on any atom is 0.126 e. The SMILES string of the molecule is CCCSCC(O)Cc1cccnc1N. The lowest BCUT2D eigenvalue weighted by Gasteiger charge is -2.10. The number of aliphatic hydroxyl groups excluding tert-OH is 1. The van der Waals surface area contributed by atoms with Crippen molar-refractivity contribution < 1.29 is 5.11 Å². The van der Waals surface area contributed by atoms with Crippen LogP contribution < -0.4 is 5.73 Å². The number of thioether (sulfide) groups is 1. The Balaban J connectivity index is 2.37. The summed E-state index contributed by atoms with van der Waals surface area (Å²) in [4.78, 5) is 3.99. The molecule has 1 rings (SSSR count). The highest BCUT2D eigenvalue weighted by Crippen LogP contribution is 2.13. The number of pyridine rings is 1. The van der Waals surface area contributed by atoms with Gasteiger partial charge in [-0.1, -0.05) is 13.0 Å². The van der Waals surface area contributed by atoms with E-state index in [-0.39, 0.29) is 6.10 Å². The van der Waals surface area contributed by atoms with Gasteiger partial charge in [-0.15, -0.1) is 0 Å². The Morgan fingerprint density at radius 3 is 3.07 bits per heavy atom. The van der Waals surface area contributed by atoms with Gasteiger partial charge in [0.05, 0.1) is 6.10 Å². The van der Waals surface area contributed by atoms with Crippen molar-refractivity contribution in [2.24, 2.45) is 0 Å². The molecule has 0 spiro atoms. The third-order valence-electron chi connectivity index (χ3n) is 2.04. The maximum absolute atomic E-state index is 9.75. The van der Waals surface area contributed by atoms with Crippen LogP contribution in [-0.4, -0.2) is 27.7 Å². The first-order valence-electron chi connectivity index (χ1n) is 5.19. The minimum atomic E-state index is -0.326. The van der Waals surface area contributed by atoms with Crippen molar-refractivity contribution in [3.63, 3.8) is 0 Å². The molecule has 3 N–H and O–H groups in total. The summed E-state index contributed by atoms with van der Waals surface area (Å²) in [6, 6.07) is 3.76. The van der Waals surface area contributed by atoms with E-state index in [1.165, 1.54) is 0 Å². The van der Waals surface area contributed by atoms with Crippen molar-refractivity contribution in [3.05, 3.63) is 23.9 Å². The molecule has 0 radical (unpaired) electrons. The van der Waals surface area contributed by atoms with Gasteiger partial charge in [0.2, 0.25) is 0 Å². The molecule has 15 heavy (non-hydrogen) atoms. The van der Waals surface area contributed by atoms with Crippen LogP contribution in [0.1, 0.15) is 18.9 Å². The van der Waals surface area contributed by atoms with Gasteiger partial charge >= 0.3 is 0 Å². The fourth-order valence-corrected chi connectivity index (χ4v) is 2.15.